The number of halogens is 1. The van der Waals surface area contributed by atoms with Crippen molar-refractivity contribution in [2.75, 3.05) is 18.1 Å². The predicted octanol–water partition coefficient (Wildman–Crippen LogP) is 3.31. The van der Waals surface area contributed by atoms with E-state index in [1.165, 1.54) is 4.90 Å². The van der Waals surface area contributed by atoms with Crippen molar-refractivity contribution >= 4 is 33.5 Å². The van der Waals surface area contributed by atoms with E-state index < -0.39 is 5.97 Å². The number of benzene rings is 2. The van der Waals surface area contributed by atoms with Crippen molar-refractivity contribution in [1.82, 2.24) is 0 Å². The Morgan fingerprint density at radius 1 is 1.17 bits per heavy atom. The minimum Gasteiger partial charge on any atom is -0.491 e. The summed E-state index contributed by atoms with van der Waals surface area (Å²) in [5, 5.41) is 0. The van der Waals surface area contributed by atoms with E-state index >= 15 is 0 Å². The molecule has 0 N–H and O–H groups in total. The molecule has 24 heavy (non-hydrogen) atoms. The van der Waals surface area contributed by atoms with Gasteiger partial charge in [-0.15, -0.1) is 0 Å². The van der Waals surface area contributed by atoms with Crippen molar-refractivity contribution in [2.24, 2.45) is 0 Å². The van der Waals surface area contributed by atoms with Gasteiger partial charge < -0.3 is 9.47 Å². The first-order chi connectivity index (χ1) is 11.6. The molecule has 0 radical (unpaired) electrons. The molecule has 0 fully saturated rings. The number of anilines is 1. The number of para-hydroxylation sites is 2. The fourth-order valence-electron chi connectivity index (χ4n) is 2.41. The third kappa shape index (κ3) is 3.94. The Labute approximate surface area is 148 Å². The summed E-state index contributed by atoms with van der Waals surface area (Å²) in [7, 11) is 0. The lowest BCUT2D eigenvalue weighted by molar-refractivity contribution is -0.144. The molecule has 0 aliphatic carbocycles. The van der Waals surface area contributed by atoms with Gasteiger partial charge >= 0.3 is 5.97 Å². The molecule has 0 atom stereocenters. The summed E-state index contributed by atoms with van der Waals surface area (Å²) in [6, 6.07) is 14.7. The van der Waals surface area contributed by atoms with Crippen LogP contribution < -0.4 is 9.64 Å². The highest BCUT2D eigenvalue weighted by molar-refractivity contribution is 9.10. The van der Waals surface area contributed by atoms with Gasteiger partial charge in [0.15, 0.2) is 0 Å². The van der Waals surface area contributed by atoms with Gasteiger partial charge in [0.2, 0.25) is 5.91 Å². The van der Waals surface area contributed by atoms with Gasteiger partial charge in [-0.25, -0.2) is 0 Å². The van der Waals surface area contributed by atoms with E-state index in [0.29, 0.717) is 18.0 Å². The van der Waals surface area contributed by atoms with Gasteiger partial charge in [-0.2, -0.15) is 0 Å². The Morgan fingerprint density at radius 2 is 1.92 bits per heavy atom. The number of hydrogen-bond acceptors (Lipinski definition) is 4. The topological polar surface area (TPSA) is 55.8 Å². The van der Waals surface area contributed by atoms with Gasteiger partial charge in [0, 0.05) is 4.47 Å². The molecule has 1 heterocycles. The lowest BCUT2D eigenvalue weighted by atomic mass is 10.2. The van der Waals surface area contributed by atoms with E-state index in [-0.39, 0.29) is 25.5 Å². The molecule has 0 saturated heterocycles. The highest BCUT2D eigenvalue weighted by Gasteiger charge is 2.25. The zero-order chi connectivity index (χ0) is 16.9. The zero-order valence-corrected chi connectivity index (χ0v) is 14.5. The van der Waals surface area contributed by atoms with Crippen LogP contribution in [0.3, 0.4) is 0 Å². The second kappa shape index (κ2) is 7.49. The largest absolute Gasteiger partial charge is 0.491 e. The number of fused-ring (bicyclic) bond motifs is 1. The number of nitrogens with zero attached hydrogens (tertiary/aromatic N) is 1. The molecule has 2 aromatic carbocycles. The minimum absolute atomic E-state index is 0.129. The first-order valence-electron chi connectivity index (χ1n) is 7.56. The van der Waals surface area contributed by atoms with Crippen molar-refractivity contribution in [3.8, 4) is 5.75 Å². The van der Waals surface area contributed by atoms with Crippen molar-refractivity contribution in [2.45, 2.75) is 13.0 Å². The molecule has 5 nitrogen and oxygen atoms in total. The molecule has 0 spiro atoms. The standard InChI is InChI=1S/C18H16BrNO4/c19-14-7-5-13(6-8-14)12-24-18(22)11-20-15-3-1-2-4-16(15)23-10-9-17(20)21/h1-8H,9-12H2. The number of rotatable bonds is 4. The van der Waals surface area contributed by atoms with Crippen LogP contribution in [0.15, 0.2) is 53.0 Å². The number of carbonyl (C=O) groups excluding carboxylic acids is 2. The monoisotopic (exact) mass is 389 g/mol. The summed E-state index contributed by atoms with van der Waals surface area (Å²) < 4.78 is 11.8. The van der Waals surface area contributed by atoms with Crippen molar-refractivity contribution < 1.29 is 19.1 Å². The molecule has 0 aromatic heterocycles. The maximum absolute atomic E-state index is 12.3. The van der Waals surface area contributed by atoms with E-state index in [4.69, 9.17) is 9.47 Å². The van der Waals surface area contributed by atoms with Gasteiger partial charge in [0.05, 0.1) is 18.7 Å². The quantitative estimate of drug-likeness (QED) is 0.752. The van der Waals surface area contributed by atoms with E-state index in [9.17, 15) is 9.59 Å². The van der Waals surface area contributed by atoms with Crippen molar-refractivity contribution in [1.29, 1.82) is 0 Å². The number of esters is 1. The average molecular weight is 390 g/mol. The van der Waals surface area contributed by atoms with Crippen LogP contribution >= 0.6 is 15.9 Å². The molecular formula is C18H16BrNO4. The summed E-state index contributed by atoms with van der Waals surface area (Å²) in [6.45, 7) is 0.350. The van der Waals surface area contributed by atoms with Crippen LogP contribution in [0.4, 0.5) is 5.69 Å². The van der Waals surface area contributed by atoms with E-state index in [0.717, 1.165) is 10.0 Å². The maximum Gasteiger partial charge on any atom is 0.326 e. The Bertz CT molecular complexity index is 745. The molecular weight excluding hydrogens is 374 g/mol. The molecule has 3 rings (SSSR count). The van der Waals surface area contributed by atoms with Gasteiger partial charge in [0.25, 0.3) is 0 Å². The smallest absolute Gasteiger partial charge is 0.326 e. The lowest BCUT2D eigenvalue weighted by Gasteiger charge is -2.20. The molecule has 1 aliphatic rings. The van der Waals surface area contributed by atoms with Gasteiger partial charge in [-0.3, -0.25) is 14.5 Å². The average Bonchev–Trinajstić information content (AvgIpc) is 2.74. The van der Waals surface area contributed by atoms with Crippen LogP contribution in [0.5, 0.6) is 5.75 Å². The molecule has 2 aromatic rings. The Balaban J connectivity index is 1.66. The van der Waals surface area contributed by atoms with E-state index in [1.807, 2.05) is 30.3 Å². The first-order valence-corrected chi connectivity index (χ1v) is 8.35. The van der Waals surface area contributed by atoms with E-state index in [2.05, 4.69) is 15.9 Å². The number of carbonyl (C=O) groups is 2. The van der Waals surface area contributed by atoms with Crippen LogP contribution in [0.25, 0.3) is 0 Å². The molecule has 1 amide bonds. The van der Waals surface area contributed by atoms with Crippen LogP contribution in [-0.2, 0) is 20.9 Å². The number of amides is 1. The van der Waals surface area contributed by atoms with Crippen LogP contribution in [0, 0.1) is 0 Å². The fourth-order valence-corrected chi connectivity index (χ4v) is 2.68. The van der Waals surface area contributed by atoms with Crippen LogP contribution in [0.2, 0.25) is 0 Å². The normalized spacial score (nSPS) is 13.7. The van der Waals surface area contributed by atoms with Crippen molar-refractivity contribution in [3.63, 3.8) is 0 Å². The molecule has 0 saturated carbocycles. The van der Waals surface area contributed by atoms with Crippen LogP contribution in [0.1, 0.15) is 12.0 Å². The summed E-state index contributed by atoms with van der Waals surface area (Å²) in [6.07, 6.45) is 0.231. The van der Waals surface area contributed by atoms with E-state index in [1.54, 1.807) is 18.2 Å². The van der Waals surface area contributed by atoms with Gasteiger partial charge in [-0.05, 0) is 29.8 Å². The van der Waals surface area contributed by atoms with Crippen LogP contribution in [-0.4, -0.2) is 25.0 Å². The highest BCUT2D eigenvalue weighted by atomic mass is 79.9. The molecule has 0 bridgehead atoms. The van der Waals surface area contributed by atoms with Gasteiger partial charge in [0.1, 0.15) is 18.9 Å². The molecule has 124 valence electrons. The highest BCUT2D eigenvalue weighted by Crippen LogP contribution is 2.30. The Hall–Kier alpha value is -2.34. The summed E-state index contributed by atoms with van der Waals surface area (Å²) >= 11 is 3.36. The second-order valence-corrected chi connectivity index (χ2v) is 6.25. The Kier molecular flexibility index (Phi) is 5.15. The van der Waals surface area contributed by atoms with Crippen molar-refractivity contribution in [3.05, 3.63) is 58.6 Å². The predicted molar refractivity (Wildman–Crippen MR) is 92.8 cm³/mol. The molecule has 6 heteroatoms. The zero-order valence-electron chi connectivity index (χ0n) is 12.9. The Morgan fingerprint density at radius 3 is 2.71 bits per heavy atom. The number of ether oxygens (including phenoxy) is 2. The maximum atomic E-state index is 12.3. The fraction of sp³-hybridized carbons (Fsp3) is 0.222. The minimum atomic E-state index is -0.456. The summed E-state index contributed by atoms with van der Waals surface area (Å²) in [5.74, 6) is -0.00688. The SMILES string of the molecule is O=C(CN1C(=O)CCOc2ccccc21)OCc1ccc(Br)cc1. The summed E-state index contributed by atoms with van der Waals surface area (Å²) in [4.78, 5) is 25.8. The molecule has 1 aliphatic heterocycles. The van der Waals surface area contributed by atoms with Gasteiger partial charge in [-0.1, -0.05) is 40.2 Å². The number of hydrogen-bond donors (Lipinski definition) is 0. The summed E-state index contributed by atoms with van der Waals surface area (Å²) in [5.41, 5.74) is 1.48. The lowest BCUT2D eigenvalue weighted by Crippen LogP contribution is -2.36. The third-order valence-corrected chi connectivity index (χ3v) is 4.16. The molecule has 0 unspecified atom stereocenters. The first kappa shape index (κ1) is 16.5. The second-order valence-electron chi connectivity index (χ2n) is 5.33. The third-order valence-electron chi connectivity index (χ3n) is 3.63.